The van der Waals surface area contributed by atoms with Gasteiger partial charge >= 0.3 is 0 Å². The van der Waals surface area contributed by atoms with E-state index in [0.717, 1.165) is 38.5 Å². The Kier molecular flexibility index (Phi) is 43.6. The molecule has 0 aromatic heterocycles. The van der Waals surface area contributed by atoms with E-state index in [4.69, 9.17) is 0 Å². The zero-order chi connectivity index (χ0) is 39.4. The summed E-state index contributed by atoms with van der Waals surface area (Å²) in [6.45, 7) is 4.19. The van der Waals surface area contributed by atoms with E-state index in [1.165, 1.54) is 199 Å². The molecule has 4 N–H and O–H groups in total. The van der Waals surface area contributed by atoms with Gasteiger partial charge in [0.2, 0.25) is 5.91 Å². The van der Waals surface area contributed by atoms with Crippen molar-refractivity contribution in [3.05, 3.63) is 24.3 Å². The van der Waals surface area contributed by atoms with Crippen molar-refractivity contribution in [3.8, 4) is 0 Å². The third-order valence-corrected chi connectivity index (χ3v) is 11.3. The van der Waals surface area contributed by atoms with E-state index < -0.39 is 24.2 Å². The van der Waals surface area contributed by atoms with Gasteiger partial charge in [-0.1, -0.05) is 250 Å². The van der Waals surface area contributed by atoms with Gasteiger partial charge in [-0.2, -0.15) is 0 Å². The van der Waals surface area contributed by atoms with Gasteiger partial charge in [-0.05, 0) is 32.1 Å². The van der Waals surface area contributed by atoms with Crippen LogP contribution in [0, 0.1) is 0 Å². The van der Waals surface area contributed by atoms with E-state index in [1.54, 1.807) is 6.08 Å². The van der Waals surface area contributed by atoms with E-state index in [0.29, 0.717) is 6.42 Å². The molecule has 3 atom stereocenters. The Morgan fingerprint density at radius 3 is 1.13 bits per heavy atom. The van der Waals surface area contributed by atoms with Gasteiger partial charge in [0.05, 0.1) is 18.8 Å². The maximum atomic E-state index is 12.5. The molecule has 0 aliphatic heterocycles. The lowest BCUT2D eigenvalue weighted by Crippen LogP contribution is -2.48. The second kappa shape index (κ2) is 44.5. The van der Waals surface area contributed by atoms with Crippen LogP contribution in [0.15, 0.2) is 24.3 Å². The number of unbranched alkanes of at least 4 members (excludes halogenated alkanes) is 34. The number of allylic oxidation sites excluding steroid dienone is 3. The fourth-order valence-electron chi connectivity index (χ4n) is 7.50. The Hall–Kier alpha value is -1.17. The Labute approximate surface area is 337 Å². The topological polar surface area (TPSA) is 89.8 Å². The number of carbonyl (C=O) groups excluding carboxylic acids is 1. The third kappa shape index (κ3) is 39.1. The molecule has 0 radical (unpaired) electrons. The molecule has 1 amide bonds. The lowest BCUT2D eigenvalue weighted by atomic mass is 10.0. The number of amides is 1. The standard InChI is InChI=1S/C49H95NO4/c1-3-5-7-9-11-13-15-17-19-21-22-23-24-25-26-28-29-31-33-35-37-39-41-43-47(52)46(45-51)50-49(54)48(53)44-42-40-38-36-34-32-30-27-20-18-16-14-12-10-8-6-4-2/h33,35,41,43,46-48,51-53H,3-32,34,36-40,42,44-45H2,1-2H3,(H,50,54)/b35-33+,43-41+. The molecular weight excluding hydrogens is 667 g/mol. The highest BCUT2D eigenvalue weighted by molar-refractivity contribution is 5.80. The average molecular weight is 762 g/mol. The summed E-state index contributed by atoms with van der Waals surface area (Å²) in [4.78, 5) is 12.5. The van der Waals surface area contributed by atoms with Crippen LogP contribution in [0.3, 0.4) is 0 Å². The van der Waals surface area contributed by atoms with Crippen molar-refractivity contribution in [2.45, 2.75) is 276 Å². The van der Waals surface area contributed by atoms with Crippen LogP contribution in [0.2, 0.25) is 0 Å². The molecule has 0 aliphatic rings. The normalized spacial score (nSPS) is 13.6. The molecule has 0 fully saturated rings. The molecule has 0 spiro atoms. The molecule has 0 heterocycles. The highest BCUT2D eigenvalue weighted by Gasteiger charge is 2.22. The first-order chi connectivity index (χ1) is 26.6. The first-order valence-corrected chi connectivity index (χ1v) is 24.2. The van der Waals surface area contributed by atoms with Crippen molar-refractivity contribution in [3.63, 3.8) is 0 Å². The molecule has 0 saturated heterocycles. The van der Waals surface area contributed by atoms with Gasteiger partial charge < -0.3 is 20.6 Å². The quantitative estimate of drug-likeness (QED) is 0.0368. The second-order valence-electron chi connectivity index (χ2n) is 16.7. The summed E-state index contributed by atoms with van der Waals surface area (Å²) in [5.41, 5.74) is 0. The lowest BCUT2D eigenvalue weighted by Gasteiger charge is -2.21. The number of carbonyl (C=O) groups is 1. The van der Waals surface area contributed by atoms with Crippen molar-refractivity contribution in [1.29, 1.82) is 0 Å². The average Bonchev–Trinajstić information content (AvgIpc) is 3.18. The van der Waals surface area contributed by atoms with Crippen molar-refractivity contribution in [2.24, 2.45) is 0 Å². The number of hydrogen-bond acceptors (Lipinski definition) is 4. The molecule has 0 aromatic rings. The maximum absolute atomic E-state index is 12.5. The summed E-state index contributed by atoms with van der Waals surface area (Å²) < 4.78 is 0. The Morgan fingerprint density at radius 1 is 0.444 bits per heavy atom. The highest BCUT2D eigenvalue weighted by atomic mass is 16.3. The summed E-state index contributed by atoms with van der Waals surface area (Å²) in [7, 11) is 0. The van der Waals surface area contributed by atoms with Crippen molar-refractivity contribution >= 4 is 5.91 Å². The number of hydrogen-bond donors (Lipinski definition) is 4. The minimum Gasteiger partial charge on any atom is -0.394 e. The zero-order valence-electron chi connectivity index (χ0n) is 36.4. The van der Waals surface area contributed by atoms with Crippen molar-refractivity contribution in [2.75, 3.05) is 6.61 Å². The molecule has 0 aliphatic carbocycles. The molecule has 5 heteroatoms. The van der Waals surface area contributed by atoms with Crippen LogP contribution in [0.25, 0.3) is 0 Å². The Morgan fingerprint density at radius 2 is 0.759 bits per heavy atom. The smallest absolute Gasteiger partial charge is 0.249 e. The number of rotatable bonds is 44. The minimum absolute atomic E-state index is 0.373. The van der Waals surface area contributed by atoms with Gasteiger partial charge in [-0.3, -0.25) is 4.79 Å². The number of aliphatic hydroxyl groups is 3. The SMILES string of the molecule is CCCCCCCCCCCCCCCCCCC/C=C/CC/C=C/C(O)C(CO)NC(=O)C(O)CCCCCCCCCCCCCCCCCCC. The molecule has 54 heavy (non-hydrogen) atoms. The molecule has 0 rings (SSSR count). The van der Waals surface area contributed by atoms with Crippen LogP contribution in [0.4, 0.5) is 0 Å². The largest absolute Gasteiger partial charge is 0.394 e. The summed E-state index contributed by atoms with van der Waals surface area (Å²) in [5, 5.41) is 33.2. The van der Waals surface area contributed by atoms with Gasteiger partial charge in [0.15, 0.2) is 0 Å². The van der Waals surface area contributed by atoms with E-state index in [-0.39, 0.29) is 6.61 Å². The highest BCUT2D eigenvalue weighted by Crippen LogP contribution is 2.16. The monoisotopic (exact) mass is 762 g/mol. The molecule has 0 saturated carbocycles. The minimum atomic E-state index is -1.10. The van der Waals surface area contributed by atoms with Crippen molar-refractivity contribution in [1.82, 2.24) is 5.32 Å². The van der Waals surface area contributed by atoms with Crippen molar-refractivity contribution < 1.29 is 20.1 Å². The van der Waals surface area contributed by atoms with Crippen LogP contribution in [0.5, 0.6) is 0 Å². The molecule has 0 aromatic carbocycles. The molecule has 3 unspecified atom stereocenters. The van der Waals surface area contributed by atoms with Crippen LogP contribution in [-0.2, 0) is 4.79 Å². The number of aliphatic hydroxyl groups excluding tert-OH is 3. The molecular formula is C49H95NO4. The maximum Gasteiger partial charge on any atom is 0.249 e. The molecule has 0 bridgehead atoms. The van der Waals surface area contributed by atoms with E-state index in [1.807, 2.05) is 6.08 Å². The van der Waals surface area contributed by atoms with Gasteiger partial charge in [0, 0.05) is 0 Å². The summed E-state index contributed by atoms with van der Waals surface area (Å²) in [6, 6.07) is -0.811. The van der Waals surface area contributed by atoms with E-state index in [9.17, 15) is 20.1 Å². The predicted molar refractivity (Wildman–Crippen MR) is 236 cm³/mol. The van der Waals surface area contributed by atoms with Crippen LogP contribution >= 0.6 is 0 Å². The van der Waals surface area contributed by atoms with Gasteiger partial charge in [0.25, 0.3) is 0 Å². The zero-order valence-corrected chi connectivity index (χ0v) is 36.4. The van der Waals surface area contributed by atoms with E-state index >= 15 is 0 Å². The number of nitrogens with one attached hydrogen (secondary N) is 1. The van der Waals surface area contributed by atoms with E-state index in [2.05, 4.69) is 31.3 Å². The van der Waals surface area contributed by atoms with Crippen LogP contribution in [-0.4, -0.2) is 46.1 Å². The fraction of sp³-hybridized carbons (Fsp3) is 0.898. The lowest BCUT2D eigenvalue weighted by molar-refractivity contribution is -0.131. The summed E-state index contributed by atoms with van der Waals surface area (Å²) in [6.07, 6.45) is 55.1. The Bertz CT molecular complexity index is 799. The predicted octanol–water partition coefficient (Wildman–Crippen LogP) is 14.2. The van der Waals surface area contributed by atoms with Gasteiger partial charge in [0.1, 0.15) is 6.10 Å². The molecule has 5 nitrogen and oxygen atoms in total. The van der Waals surface area contributed by atoms with Crippen LogP contribution in [0.1, 0.15) is 258 Å². The van der Waals surface area contributed by atoms with Gasteiger partial charge in [-0.15, -0.1) is 0 Å². The molecule has 320 valence electrons. The fourth-order valence-corrected chi connectivity index (χ4v) is 7.50. The summed E-state index contributed by atoms with van der Waals surface area (Å²) >= 11 is 0. The second-order valence-corrected chi connectivity index (χ2v) is 16.7. The third-order valence-electron chi connectivity index (χ3n) is 11.3. The Balaban J connectivity index is 3.65. The first-order valence-electron chi connectivity index (χ1n) is 24.2. The van der Waals surface area contributed by atoms with Crippen LogP contribution < -0.4 is 5.32 Å². The van der Waals surface area contributed by atoms with Gasteiger partial charge in [-0.25, -0.2) is 0 Å². The summed E-state index contributed by atoms with van der Waals surface area (Å²) in [5.74, 6) is -0.509. The first kappa shape index (κ1) is 52.8.